The minimum Gasteiger partial charge on any atom is -0.497 e. The minimum absolute atomic E-state index is 0.387. The van der Waals surface area contributed by atoms with E-state index in [1.807, 2.05) is 44.2 Å². The predicted octanol–water partition coefficient (Wildman–Crippen LogP) is 1.42. The fraction of sp³-hybridized carbons (Fsp3) is 0.562. The number of ether oxygens (including phenoxy) is 2. The van der Waals surface area contributed by atoms with Gasteiger partial charge in [0.05, 0.1) is 14.2 Å². The molecule has 1 fully saturated rings. The highest BCUT2D eigenvalue weighted by molar-refractivity contribution is 5.79. The van der Waals surface area contributed by atoms with E-state index in [1.165, 1.54) is 0 Å². The van der Waals surface area contributed by atoms with Gasteiger partial charge in [0.1, 0.15) is 11.5 Å². The molecule has 0 aliphatic carbocycles. The van der Waals surface area contributed by atoms with Crippen molar-refractivity contribution in [1.82, 2.24) is 10.2 Å². The van der Waals surface area contributed by atoms with Gasteiger partial charge in [0.15, 0.2) is 5.96 Å². The number of anilines is 1. The lowest BCUT2D eigenvalue weighted by Crippen LogP contribution is -2.43. The van der Waals surface area contributed by atoms with Crippen molar-refractivity contribution in [1.29, 1.82) is 0 Å². The number of guanidine groups is 1. The van der Waals surface area contributed by atoms with Gasteiger partial charge in [0.2, 0.25) is 0 Å². The molecule has 0 aromatic heterocycles. The van der Waals surface area contributed by atoms with Crippen LogP contribution in [0.15, 0.2) is 23.2 Å². The second kappa shape index (κ2) is 7.24. The van der Waals surface area contributed by atoms with Gasteiger partial charge in [0, 0.05) is 64.2 Å². The summed E-state index contributed by atoms with van der Waals surface area (Å²) < 4.78 is 10.7. The van der Waals surface area contributed by atoms with Crippen LogP contribution in [0.25, 0.3) is 0 Å². The zero-order valence-electron chi connectivity index (χ0n) is 14.1. The van der Waals surface area contributed by atoms with Gasteiger partial charge < -0.3 is 24.6 Å². The highest BCUT2D eigenvalue weighted by atomic mass is 16.5. The minimum atomic E-state index is 0.387. The first-order valence-corrected chi connectivity index (χ1v) is 7.46. The standard InChI is InChI=1S/C16H26N4O2/c1-17-16(19(2)3)18-12-6-7-20(11-12)13-8-14(21-4)10-15(9-13)22-5/h8-10,12H,6-7,11H2,1-5H3,(H,17,18). The summed E-state index contributed by atoms with van der Waals surface area (Å²) in [6, 6.07) is 6.37. The van der Waals surface area contributed by atoms with Crippen molar-refractivity contribution in [3.05, 3.63) is 18.2 Å². The van der Waals surface area contributed by atoms with Crippen molar-refractivity contribution >= 4 is 11.6 Å². The fourth-order valence-corrected chi connectivity index (χ4v) is 2.66. The zero-order chi connectivity index (χ0) is 16.1. The maximum absolute atomic E-state index is 5.35. The van der Waals surface area contributed by atoms with Crippen LogP contribution in [0, 0.1) is 0 Å². The third-order valence-corrected chi connectivity index (χ3v) is 3.86. The van der Waals surface area contributed by atoms with Crippen LogP contribution in [-0.4, -0.2) is 65.4 Å². The first kappa shape index (κ1) is 16.3. The quantitative estimate of drug-likeness (QED) is 0.673. The van der Waals surface area contributed by atoms with Crippen LogP contribution in [0.1, 0.15) is 6.42 Å². The summed E-state index contributed by atoms with van der Waals surface area (Å²) in [5.74, 6) is 2.54. The Balaban J connectivity index is 2.07. The van der Waals surface area contributed by atoms with Gasteiger partial charge in [-0.3, -0.25) is 4.99 Å². The molecule has 0 amide bonds. The Bertz CT molecular complexity index is 509. The topological polar surface area (TPSA) is 49.3 Å². The van der Waals surface area contributed by atoms with E-state index in [4.69, 9.17) is 9.47 Å². The number of hydrogen-bond acceptors (Lipinski definition) is 4. The lowest BCUT2D eigenvalue weighted by atomic mass is 10.2. The molecule has 6 nitrogen and oxygen atoms in total. The molecule has 1 aliphatic rings. The van der Waals surface area contributed by atoms with E-state index in [2.05, 4.69) is 15.2 Å². The lowest BCUT2D eigenvalue weighted by molar-refractivity contribution is 0.394. The SMILES string of the molecule is CN=C(NC1CCN(c2cc(OC)cc(OC)c2)C1)N(C)C. The Hall–Kier alpha value is -2.11. The summed E-state index contributed by atoms with van der Waals surface area (Å²) in [5, 5.41) is 3.49. The Kier molecular flexibility index (Phi) is 5.35. The summed E-state index contributed by atoms with van der Waals surface area (Å²) in [5.41, 5.74) is 1.13. The van der Waals surface area contributed by atoms with Crippen molar-refractivity contribution < 1.29 is 9.47 Å². The van der Waals surface area contributed by atoms with Crippen LogP contribution >= 0.6 is 0 Å². The molecule has 1 aromatic carbocycles. The van der Waals surface area contributed by atoms with E-state index in [9.17, 15) is 0 Å². The smallest absolute Gasteiger partial charge is 0.193 e. The number of methoxy groups -OCH3 is 2. The average molecular weight is 306 g/mol. The molecule has 122 valence electrons. The van der Waals surface area contributed by atoms with Crippen LogP contribution in [0.5, 0.6) is 11.5 Å². The Labute approximate surface area is 132 Å². The number of nitrogens with one attached hydrogen (secondary N) is 1. The van der Waals surface area contributed by atoms with Crippen LogP contribution in [0.3, 0.4) is 0 Å². The number of nitrogens with zero attached hydrogens (tertiary/aromatic N) is 3. The monoisotopic (exact) mass is 306 g/mol. The summed E-state index contributed by atoms with van der Waals surface area (Å²) in [7, 11) is 9.15. The summed E-state index contributed by atoms with van der Waals surface area (Å²) >= 11 is 0. The number of aliphatic imine (C=N–C) groups is 1. The third kappa shape index (κ3) is 3.75. The largest absolute Gasteiger partial charge is 0.497 e. The maximum Gasteiger partial charge on any atom is 0.193 e. The maximum atomic E-state index is 5.35. The van der Waals surface area contributed by atoms with E-state index >= 15 is 0 Å². The van der Waals surface area contributed by atoms with Crippen LogP contribution in [0.4, 0.5) is 5.69 Å². The van der Waals surface area contributed by atoms with E-state index < -0.39 is 0 Å². The van der Waals surface area contributed by atoms with Gasteiger partial charge in [0.25, 0.3) is 0 Å². The van der Waals surface area contributed by atoms with Crippen LogP contribution in [0.2, 0.25) is 0 Å². The normalized spacial score (nSPS) is 18.3. The van der Waals surface area contributed by atoms with Crippen LogP contribution < -0.4 is 19.7 Å². The van der Waals surface area contributed by atoms with Gasteiger partial charge in [-0.2, -0.15) is 0 Å². The molecule has 0 radical (unpaired) electrons. The average Bonchev–Trinajstić information content (AvgIpc) is 3.00. The first-order valence-electron chi connectivity index (χ1n) is 7.46. The van der Waals surface area contributed by atoms with Crippen molar-refractivity contribution in [2.75, 3.05) is 53.4 Å². The second-order valence-corrected chi connectivity index (χ2v) is 5.59. The second-order valence-electron chi connectivity index (χ2n) is 5.59. The van der Waals surface area contributed by atoms with Gasteiger partial charge in [-0.05, 0) is 6.42 Å². The Morgan fingerprint density at radius 1 is 1.23 bits per heavy atom. The molecule has 1 heterocycles. The first-order chi connectivity index (χ1) is 10.6. The molecule has 1 atom stereocenters. The molecule has 22 heavy (non-hydrogen) atoms. The Morgan fingerprint density at radius 2 is 1.86 bits per heavy atom. The van der Waals surface area contributed by atoms with Gasteiger partial charge in [-0.15, -0.1) is 0 Å². The highest BCUT2D eigenvalue weighted by Crippen LogP contribution is 2.30. The molecule has 1 aromatic rings. The third-order valence-electron chi connectivity index (χ3n) is 3.86. The molecule has 2 rings (SSSR count). The fourth-order valence-electron chi connectivity index (χ4n) is 2.66. The molecule has 6 heteroatoms. The summed E-state index contributed by atoms with van der Waals surface area (Å²) in [6.45, 7) is 1.93. The predicted molar refractivity (Wildman–Crippen MR) is 90.3 cm³/mol. The highest BCUT2D eigenvalue weighted by Gasteiger charge is 2.24. The number of rotatable bonds is 4. The van der Waals surface area contributed by atoms with E-state index in [1.54, 1.807) is 14.2 Å². The zero-order valence-corrected chi connectivity index (χ0v) is 14.1. The van der Waals surface area contributed by atoms with E-state index in [0.29, 0.717) is 6.04 Å². The summed E-state index contributed by atoms with van der Waals surface area (Å²) in [6.07, 6.45) is 1.08. The molecule has 1 saturated heterocycles. The van der Waals surface area contributed by atoms with Gasteiger partial charge in [-0.1, -0.05) is 0 Å². The Morgan fingerprint density at radius 3 is 2.36 bits per heavy atom. The van der Waals surface area contributed by atoms with Crippen molar-refractivity contribution in [3.8, 4) is 11.5 Å². The molecule has 1 aliphatic heterocycles. The van der Waals surface area contributed by atoms with Crippen molar-refractivity contribution in [2.24, 2.45) is 4.99 Å². The molecular weight excluding hydrogens is 280 g/mol. The molecule has 0 spiro atoms. The molecule has 0 saturated carbocycles. The summed E-state index contributed by atoms with van der Waals surface area (Å²) in [4.78, 5) is 8.61. The molecule has 0 bridgehead atoms. The van der Waals surface area contributed by atoms with Gasteiger partial charge in [-0.25, -0.2) is 0 Å². The van der Waals surface area contributed by atoms with E-state index in [0.717, 1.165) is 42.7 Å². The van der Waals surface area contributed by atoms with Crippen molar-refractivity contribution in [2.45, 2.75) is 12.5 Å². The molecule has 1 unspecified atom stereocenters. The lowest BCUT2D eigenvalue weighted by Gasteiger charge is -2.23. The van der Waals surface area contributed by atoms with E-state index in [-0.39, 0.29) is 0 Å². The molecule has 1 N–H and O–H groups in total. The van der Waals surface area contributed by atoms with Crippen LogP contribution in [-0.2, 0) is 0 Å². The molecular formula is C16H26N4O2. The van der Waals surface area contributed by atoms with Crippen molar-refractivity contribution in [3.63, 3.8) is 0 Å². The number of benzene rings is 1. The number of hydrogen-bond donors (Lipinski definition) is 1. The van der Waals surface area contributed by atoms with Gasteiger partial charge >= 0.3 is 0 Å².